The van der Waals surface area contributed by atoms with Gasteiger partial charge in [0.15, 0.2) is 0 Å². The molecule has 0 aromatic carbocycles. The van der Waals surface area contributed by atoms with Crippen molar-refractivity contribution in [2.75, 3.05) is 12.3 Å². The number of aliphatic hydroxyl groups is 1. The summed E-state index contributed by atoms with van der Waals surface area (Å²) in [5, 5.41) is 10.3. The number of ether oxygens (including phenoxy) is 1. The maximum absolute atomic E-state index is 12.1. The van der Waals surface area contributed by atoms with Crippen molar-refractivity contribution < 1.29 is 27.6 Å². The van der Waals surface area contributed by atoms with Crippen LogP contribution in [0.3, 0.4) is 0 Å². The largest absolute Gasteiger partial charge is 0.460 e. The van der Waals surface area contributed by atoms with E-state index in [-0.39, 0.29) is 19.4 Å². The van der Waals surface area contributed by atoms with Crippen LogP contribution in [0, 0.1) is 5.92 Å². The van der Waals surface area contributed by atoms with Crippen LogP contribution >= 0.6 is 0 Å². The van der Waals surface area contributed by atoms with Crippen molar-refractivity contribution in [3.05, 3.63) is 0 Å². The van der Waals surface area contributed by atoms with E-state index in [1.807, 2.05) is 0 Å². The number of esters is 1. The van der Waals surface area contributed by atoms with E-state index in [2.05, 4.69) is 0 Å². The molecule has 0 amide bonds. The second-order valence-corrected chi connectivity index (χ2v) is 7.63. The summed E-state index contributed by atoms with van der Waals surface area (Å²) in [4.78, 5) is 12.1. The first kappa shape index (κ1) is 19.3. The number of hydrogen-bond donors (Lipinski definition) is 3. The molecule has 7 nitrogen and oxygen atoms in total. The lowest BCUT2D eigenvalue weighted by molar-refractivity contribution is -0.169. The molecule has 2 atom stereocenters. The monoisotopic (exact) mass is 311 g/mol. The van der Waals surface area contributed by atoms with Crippen LogP contribution in [0.2, 0.25) is 0 Å². The third-order valence-electron chi connectivity index (χ3n) is 2.76. The van der Waals surface area contributed by atoms with Gasteiger partial charge in [-0.2, -0.15) is 8.42 Å². The molecule has 0 fully saturated rings. The van der Waals surface area contributed by atoms with Gasteiger partial charge in [-0.15, -0.1) is 0 Å². The molecule has 0 aromatic heterocycles. The Hall–Kier alpha value is -0.700. The van der Waals surface area contributed by atoms with Gasteiger partial charge in [-0.1, -0.05) is 0 Å². The Labute approximate surface area is 120 Å². The summed E-state index contributed by atoms with van der Waals surface area (Å²) in [7, 11) is -4.21. The van der Waals surface area contributed by atoms with Crippen molar-refractivity contribution in [3.8, 4) is 0 Å². The normalized spacial score (nSPS) is 17.4. The van der Waals surface area contributed by atoms with E-state index < -0.39 is 39.0 Å². The average molecular weight is 311 g/mol. The maximum Gasteiger partial charge on any atom is 0.312 e. The van der Waals surface area contributed by atoms with Crippen molar-refractivity contribution in [1.29, 1.82) is 0 Å². The van der Waals surface area contributed by atoms with Gasteiger partial charge in [0.25, 0.3) is 10.1 Å². The van der Waals surface area contributed by atoms with Crippen LogP contribution in [-0.2, 0) is 19.6 Å². The number of rotatable bonds is 7. The first-order chi connectivity index (χ1) is 8.78. The van der Waals surface area contributed by atoms with Gasteiger partial charge in [-0.25, -0.2) is 0 Å². The molecule has 0 saturated carbocycles. The standard InChI is InChI=1S/C12H25NO6S/c1-11(2,3)19-10(14)9(5-7-13)12(4,15)6-8-20(16,17)18/h9,15H,5-8,13H2,1-4H3,(H,16,17,18). The quantitative estimate of drug-likeness (QED) is 0.456. The summed E-state index contributed by atoms with van der Waals surface area (Å²) in [5.74, 6) is -2.22. The highest BCUT2D eigenvalue weighted by Gasteiger charge is 2.39. The van der Waals surface area contributed by atoms with Gasteiger partial charge in [0, 0.05) is 0 Å². The van der Waals surface area contributed by atoms with Crippen LogP contribution in [0.5, 0.6) is 0 Å². The van der Waals surface area contributed by atoms with E-state index in [0.717, 1.165) is 0 Å². The lowest BCUT2D eigenvalue weighted by Crippen LogP contribution is -2.44. The second-order valence-electron chi connectivity index (χ2n) is 6.06. The summed E-state index contributed by atoms with van der Waals surface area (Å²) in [5.41, 5.74) is 3.08. The Balaban J connectivity index is 5.00. The smallest absolute Gasteiger partial charge is 0.312 e. The Morgan fingerprint density at radius 1 is 1.30 bits per heavy atom. The highest BCUT2D eigenvalue weighted by molar-refractivity contribution is 7.85. The zero-order valence-electron chi connectivity index (χ0n) is 12.4. The lowest BCUT2D eigenvalue weighted by Gasteiger charge is -2.33. The van der Waals surface area contributed by atoms with Crippen LogP contribution in [0.1, 0.15) is 40.5 Å². The summed E-state index contributed by atoms with van der Waals surface area (Å²) in [6.45, 7) is 6.56. The predicted molar refractivity (Wildman–Crippen MR) is 74.7 cm³/mol. The van der Waals surface area contributed by atoms with Gasteiger partial charge >= 0.3 is 5.97 Å². The molecule has 0 bridgehead atoms. The molecule has 0 heterocycles. The Kier molecular flexibility index (Phi) is 6.60. The van der Waals surface area contributed by atoms with E-state index in [0.29, 0.717) is 0 Å². The van der Waals surface area contributed by atoms with Gasteiger partial charge in [-0.3, -0.25) is 9.35 Å². The van der Waals surface area contributed by atoms with Gasteiger partial charge in [0.1, 0.15) is 5.60 Å². The molecule has 120 valence electrons. The number of hydrogen-bond acceptors (Lipinski definition) is 6. The third kappa shape index (κ3) is 7.78. The van der Waals surface area contributed by atoms with Crippen molar-refractivity contribution >= 4 is 16.1 Å². The molecule has 0 aliphatic rings. The maximum atomic E-state index is 12.1. The van der Waals surface area contributed by atoms with Crippen molar-refractivity contribution in [2.45, 2.75) is 51.7 Å². The van der Waals surface area contributed by atoms with E-state index in [1.54, 1.807) is 20.8 Å². The molecule has 0 aliphatic heterocycles. The molecule has 4 N–H and O–H groups in total. The number of carbonyl (C=O) groups excluding carboxylic acids is 1. The fraction of sp³-hybridized carbons (Fsp3) is 0.917. The van der Waals surface area contributed by atoms with E-state index in [1.165, 1.54) is 6.92 Å². The van der Waals surface area contributed by atoms with E-state index >= 15 is 0 Å². The zero-order chi connectivity index (χ0) is 16.2. The van der Waals surface area contributed by atoms with Gasteiger partial charge in [0.05, 0.1) is 17.3 Å². The summed E-state index contributed by atoms with van der Waals surface area (Å²) >= 11 is 0. The first-order valence-corrected chi connectivity index (χ1v) is 8.00. The van der Waals surface area contributed by atoms with E-state index in [9.17, 15) is 18.3 Å². The highest BCUT2D eigenvalue weighted by atomic mass is 32.2. The zero-order valence-corrected chi connectivity index (χ0v) is 13.2. The minimum Gasteiger partial charge on any atom is -0.460 e. The van der Waals surface area contributed by atoms with Gasteiger partial charge in [-0.05, 0) is 47.1 Å². The van der Waals surface area contributed by atoms with E-state index in [4.69, 9.17) is 15.0 Å². The predicted octanol–water partition coefficient (Wildman–Crippen LogP) is 0.322. The van der Waals surface area contributed by atoms with Crippen molar-refractivity contribution in [1.82, 2.24) is 0 Å². The fourth-order valence-corrected chi connectivity index (χ4v) is 2.40. The Morgan fingerprint density at radius 2 is 1.80 bits per heavy atom. The molecule has 0 aliphatic carbocycles. The van der Waals surface area contributed by atoms with Crippen LogP contribution in [0.15, 0.2) is 0 Å². The minimum atomic E-state index is -4.21. The molecule has 0 radical (unpaired) electrons. The Morgan fingerprint density at radius 3 is 2.15 bits per heavy atom. The Bertz CT molecular complexity index is 424. The summed E-state index contributed by atoms with van der Waals surface area (Å²) < 4.78 is 35.5. The molecule has 0 saturated heterocycles. The lowest BCUT2D eigenvalue weighted by atomic mass is 9.84. The first-order valence-electron chi connectivity index (χ1n) is 6.39. The SMILES string of the molecule is CC(C)(C)OC(=O)C(CCN)C(C)(O)CCS(=O)(=O)O. The van der Waals surface area contributed by atoms with Crippen LogP contribution in [0.25, 0.3) is 0 Å². The van der Waals surface area contributed by atoms with Gasteiger partial charge in [0.2, 0.25) is 0 Å². The fourth-order valence-electron chi connectivity index (χ4n) is 1.73. The van der Waals surface area contributed by atoms with Gasteiger partial charge < -0.3 is 15.6 Å². The molecular formula is C12H25NO6S. The number of carbonyl (C=O) groups is 1. The molecule has 0 rings (SSSR count). The molecule has 20 heavy (non-hydrogen) atoms. The molecule has 8 heteroatoms. The van der Waals surface area contributed by atoms with Crippen LogP contribution in [0.4, 0.5) is 0 Å². The molecule has 2 unspecified atom stereocenters. The molecule has 0 spiro atoms. The number of nitrogens with two attached hydrogens (primary N) is 1. The second kappa shape index (κ2) is 6.84. The topological polar surface area (TPSA) is 127 Å². The summed E-state index contributed by atoms with van der Waals surface area (Å²) in [6.07, 6.45) is -0.122. The van der Waals surface area contributed by atoms with Crippen molar-refractivity contribution in [3.63, 3.8) is 0 Å². The molecule has 0 aromatic rings. The highest BCUT2D eigenvalue weighted by Crippen LogP contribution is 2.27. The summed E-state index contributed by atoms with van der Waals surface area (Å²) in [6, 6.07) is 0. The minimum absolute atomic E-state index is 0.145. The third-order valence-corrected chi connectivity index (χ3v) is 3.48. The molecular weight excluding hydrogens is 286 g/mol. The van der Waals surface area contributed by atoms with Crippen LogP contribution in [-0.4, -0.2) is 47.5 Å². The van der Waals surface area contributed by atoms with Crippen molar-refractivity contribution in [2.24, 2.45) is 11.7 Å². The van der Waals surface area contributed by atoms with Crippen LogP contribution < -0.4 is 5.73 Å². The average Bonchev–Trinajstić information content (AvgIpc) is 2.19.